The third-order valence-electron chi connectivity index (χ3n) is 3.23. The molecule has 0 aliphatic heterocycles. The van der Waals surface area contributed by atoms with Crippen molar-refractivity contribution in [3.8, 4) is 0 Å². The van der Waals surface area contributed by atoms with Crippen molar-refractivity contribution in [1.29, 1.82) is 0 Å². The number of alkyl halides is 3. The summed E-state index contributed by atoms with van der Waals surface area (Å²) in [5.41, 5.74) is 0.0368. The molecule has 0 amide bonds. The summed E-state index contributed by atoms with van der Waals surface area (Å²) in [7, 11) is 0. The number of anilines is 2. The molecular formula is C16H19F3N4O. The first-order valence-electron chi connectivity index (χ1n) is 7.50. The van der Waals surface area contributed by atoms with Gasteiger partial charge >= 0.3 is 6.18 Å². The molecule has 0 saturated heterocycles. The highest BCUT2D eigenvalue weighted by Gasteiger charge is 2.33. The molecule has 8 heteroatoms. The lowest BCUT2D eigenvalue weighted by Crippen LogP contribution is -2.22. The van der Waals surface area contributed by atoms with Gasteiger partial charge in [-0.2, -0.15) is 18.2 Å². The lowest BCUT2D eigenvalue weighted by molar-refractivity contribution is -0.141. The zero-order chi connectivity index (χ0) is 17.6. The Kier molecular flexibility index (Phi) is 5.97. The molecule has 5 nitrogen and oxygen atoms in total. The predicted octanol–water partition coefficient (Wildman–Crippen LogP) is 2.94. The van der Waals surface area contributed by atoms with Crippen LogP contribution in [-0.4, -0.2) is 34.3 Å². The van der Waals surface area contributed by atoms with E-state index >= 15 is 0 Å². The molecule has 1 aromatic heterocycles. The monoisotopic (exact) mass is 340 g/mol. The maximum absolute atomic E-state index is 13.0. The van der Waals surface area contributed by atoms with Crippen molar-refractivity contribution >= 4 is 11.8 Å². The third-order valence-corrected chi connectivity index (χ3v) is 3.23. The first-order valence-corrected chi connectivity index (χ1v) is 7.50. The van der Waals surface area contributed by atoms with Crippen LogP contribution in [0.1, 0.15) is 18.2 Å². The van der Waals surface area contributed by atoms with Gasteiger partial charge in [-0.3, -0.25) is 0 Å². The highest BCUT2D eigenvalue weighted by atomic mass is 19.4. The van der Waals surface area contributed by atoms with Crippen molar-refractivity contribution in [2.24, 2.45) is 0 Å². The number of halogens is 3. The molecule has 0 fully saturated rings. The van der Waals surface area contributed by atoms with Gasteiger partial charge in [0, 0.05) is 18.7 Å². The first kappa shape index (κ1) is 18.0. The summed E-state index contributed by atoms with van der Waals surface area (Å²) < 4.78 is 38.9. The standard InChI is InChI=1S/C16H19F3N4O/c1-11(10-24)21-15-22-13(16(17,18)19)9-14(23-15)20-8-7-12-5-3-2-4-6-12/h2-6,9,11,24H,7-8,10H2,1H3,(H2,20,21,22,23)/t11-/m1/s1. The normalized spacial score (nSPS) is 12.7. The number of rotatable bonds is 7. The number of benzene rings is 1. The molecule has 0 unspecified atom stereocenters. The van der Waals surface area contributed by atoms with E-state index in [4.69, 9.17) is 5.11 Å². The van der Waals surface area contributed by atoms with E-state index in [1.54, 1.807) is 6.92 Å². The molecule has 0 aliphatic rings. The largest absolute Gasteiger partial charge is 0.433 e. The molecule has 1 aromatic carbocycles. The molecule has 130 valence electrons. The average Bonchev–Trinajstić information content (AvgIpc) is 2.55. The highest BCUT2D eigenvalue weighted by molar-refractivity contribution is 5.43. The van der Waals surface area contributed by atoms with Gasteiger partial charge in [-0.25, -0.2) is 4.98 Å². The highest BCUT2D eigenvalue weighted by Crippen LogP contribution is 2.29. The van der Waals surface area contributed by atoms with E-state index in [1.165, 1.54) is 0 Å². The van der Waals surface area contributed by atoms with Crippen molar-refractivity contribution in [2.45, 2.75) is 25.6 Å². The molecule has 24 heavy (non-hydrogen) atoms. The average molecular weight is 340 g/mol. The minimum atomic E-state index is -4.57. The fourth-order valence-electron chi connectivity index (χ4n) is 1.99. The zero-order valence-corrected chi connectivity index (χ0v) is 13.1. The smallest absolute Gasteiger partial charge is 0.394 e. The van der Waals surface area contributed by atoms with Gasteiger partial charge in [-0.05, 0) is 18.9 Å². The molecule has 2 aromatic rings. The minimum Gasteiger partial charge on any atom is -0.394 e. The van der Waals surface area contributed by atoms with Gasteiger partial charge in [0.25, 0.3) is 0 Å². The van der Waals surface area contributed by atoms with Gasteiger partial charge in [0.1, 0.15) is 5.82 Å². The van der Waals surface area contributed by atoms with Gasteiger partial charge in [-0.1, -0.05) is 30.3 Å². The van der Waals surface area contributed by atoms with Gasteiger partial charge in [0.2, 0.25) is 5.95 Å². The molecule has 0 spiro atoms. The van der Waals surface area contributed by atoms with E-state index in [-0.39, 0.29) is 18.4 Å². The maximum Gasteiger partial charge on any atom is 0.433 e. The molecule has 3 N–H and O–H groups in total. The van der Waals surface area contributed by atoms with Gasteiger partial charge < -0.3 is 15.7 Å². The Morgan fingerprint density at radius 3 is 2.50 bits per heavy atom. The molecule has 1 atom stereocenters. The lowest BCUT2D eigenvalue weighted by Gasteiger charge is -2.15. The minimum absolute atomic E-state index is 0.0842. The van der Waals surface area contributed by atoms with E-state index in [0.717, 1.165) is 11.6 Å². The van der Waals surface area contributed by atoms with Crippen molar-refractivity contribution < 1.29 is 18.3 Å². The van der Waals surface area contributed by atoms with Crippen molar-refractivity contribution in [3.05, 3.63) is 47.7 Å². The van der Waals surface area contributed by atoms with Crippen LogP contribution in [0.3, 0.4) is 0 Å². The van der Waals surface area contributed by atoms with Crippen LogP contribution >= 0.6 is 0 Å². The molecule has 0 aliphatic carbocycles. The van der Waals surface area contributed by atoms with Crippen LogP contribution in [0.25, 0.3) is 0 Å². The summed E-state index contributed by atoms with van der Waals surface area (Å²) in [6, 6.07) is 10.0. The summed E-state index contributed by atoms with van der Waals surface area (Å²) in [5.74, 6) is -0.0884. The second-order valence-corrected chi connectivity index (χ2v) is 5.35. The van der Waals surface area contributed by atoms with Crippen LogP contribution < -0.4 is 10.6 Å². The van der Waals surface area contributed by atoms with Crippen molar-refractivity contribution in [1.82, 2.24) is 9.97 Å². The van der Waals surface area contributed by atoms with E-state index in [9.17, 15) is 13.2 Å². The summed E-state index contributed by atoms with van der Waals surface area (Å²) in [6.07, 6.45) is -3.92. The fraction of sp³-hybridized carbons (Fsp3) is 0.375. The number of nitrogens with zero attached hydrogens (tertiary/aromatic N) is 2. The molecule has 0 radical (unpaired) electrons. The number of aliphatic hydroxyl groups excluding tert-OH is 1. The van der Waals surface area contributed by atoms with Crippen molar-refractivity contribution in [2.75, 3.05) is 23.8 Å². The Labute approximate surface area is 138 Å². The van der Waals surface area contributed by atoms with Crippen LogP contribution in [-0.2, 0) is 12.6 Å². The molecular weight excluding hydrogens is 321 g/mol. The molecule has 1 heterocycles. The van der Waals surface area contributed by atoms with E-state index in [0.29, 0.717) is 13.0 Å². The number of aliphatic hydroxyl groups is 1. The van der Waals surface area contributed by atoms with Crippen LogP contribution in [0, 0.1) is 0 Å². The number of hydrogen-bond acceptors (Lipinski definition) is 5. The Balaban J connectivity index is 2.10. The van der Waals surface area contributed by atoms with Gasteiger partial charge in [-0.15, -0.1) is 0 Å². The van der Waals surface area contributed by atoms with Gasteiger partial charge in [0.05, 0.1) is 6.61 Å². The zero-order valence-electron chi connectivity index (χ0n) is 13.1. The third kappa shape index (κ3) is 5.38. The molecule has 0 bridgehead atoms. The van der Waals surface area contributed by atoms with E-state index in [1.807, 2.05) is 30.3 Å². The van der Waals surface area contributed by atoms with Crippen LogP contribution in [0.5, 0.6) is 0 Å². The van der Waals surface area contributed by atoms with Crippen LogP contribution in [0.4, 0.5) is 24.9 Å². The second kappa shape index (κ2) is 7.96. The number of hydrogen-bond donors (Lipinski definition) is 3. The number of aromatic nitrogens is 2. The lowest BCUT2D eigenvalue weighted by atomic mass is 10.1. The fourth-order valence-corrected chi connectivity index (χ4v) is 1.99. The maximum atomic E-state index is 13.0. The van der Waals surface area contributed by atoms with E-state index < -0.39 is 17.9 Å². The summed E-state index contributed by atoms with van der Waals surface area (Å²) in [5, 5.41) is 14.5. The number of nitrogens with one attached hydrogen (secondary N) is 2. The topological polar surface area (TPSA) is 70.1 Å². The molecule has 0 saturated carbocycles. The first-order chi connectivity index (χ1) is 11.4. The summed E-state index contributed by atoms with van der Waals surface area (Å²) >= 11 is 0. The Hall–Kier alpha value is -2.35. The Bertz CT molecular complexity index is 650. The van der Waals surface area contributed by atoms with Crippen LogP contribution in [0.15, 0.2) is 36.4 Å². The quantitative estimate of drug-likeness (QED) is 0.723. The Morgan fingerprint density at radius 2 is 1.88 bits per heavy atom. The molecule has 2 rings (SSSR count). The van der Waals surface area contributed by atoms with E-state index in [2.05, 4.69) is 20.6 Å². The summed E-state index contributed by atoms with van der Waals surface area (Å²) in [4.78, 5) is 7.48. The second-order valence-electron chi connectivity index (χ2n) is 5.35. The van der Waals surface area contributed by atoms with Crippen LogP contribution in [0.2, 0.25) is 0 Å². The van der Waals surface area contributed by atoms with Crippen molar-refractivity contribution in [3.63, 3.8) is 0 Å². The SMILES string of the molecule is C[C@H](CO)Nc1nc(NCCc2ccccc2)cc(C(F)(F)F)n1. The van der Waals surface area contributed by atoms with Gasteiger partial charge in [0.15, 0.2) is 5.69 Å². The Morgan fingerprint density at radius 1 is 1.17 bits per heavy atom. The summed E-state index contributed by atoms with van der Waals surface area (Å²) in [6.45, 7) is 1.82. The predicted molar refractivity (Wildman–Crippen MR) is 85.8 cm³/mol.